The Balaban J connectivity index is 2.27. The average molecular weight is 266 g/mol. The third-order valence-electron chi connectivity index (χ3n) is 3.84. The number of ether oxygens (including phenoxy) is 1. The molecule has 0 saturated carbocycles. The lowest BCUT2D eigenvalue weighted by Gasteiger charge is -2.33. The van der Waals surface area contributed by atoms with Crippen molar-refractivity contribution in [1.29, 1.82) is 0 Å². The second kappa shape index (κ2) is 5.92. The molecule has 5 heteroatoms. The van der Waals surface area contributed by atoms with Crippen LogP contribution in [0.2, 0.25) is 0 Å². The zero-order chi connectivity index (χ0) is 14.0. The Bertz CT molecular complexity index is 429. The Morgan fingerprint density at radius 2 is 2.26 bits per heavy atom. The molecule has 5 nitrogen and oxygen atoms in total. The zero-order valence-electron chi connectivity index (χ0n) is 12.5. The molecule has 0 amide bonds. The summed E-state index contributed by atoms with van der Waals surface area (Å²) in [6.45, 7) is 8.96. The number of morpholine rings is 1. The van der Waals surface area contributed by atoms with Gasteiger partial charge in [0.05, 0.1) is 18.4 Å². The molecule has 2 atom stereocenters. The monoisotopic (exact) mass is 266 g/mol. The summed E-state index contributed by atoms with van der Waals surface area (Å²) in [5.74, 6) is 1.22. The van der Waals surface area contributed by atoms with E-state index in [1.165, 1.54) is 11.4 Å². The van der Waals surface area contributed by atoms with Crippen LogP contribution in [0, 0.1) is 6.92 Å². The molecule has 2 N–H and O–H groups in total. The Labute approximate surface area is 115 Å². The predicted molar refractivity (Wildman–Crippen MR) is 77.5 cm³/mol. The first-order chi connectivity index (χ1) is 9.02. The van der Waals surface area contributed by atoms with E-state index in [0.29, 0.717) is 0 Å². The quantitative estimate of drug-likeness (QED) is 0.890. The van der Waals surface area contributed by atoms with Crippen molar-refractivity contribution < 1.29 is 4.74 Å². The van der Waals surface area contributed by atoms with Crippen molar-refractivity contribution in [2.75, 3.05) is 24.6 Å². The van der Waals surface area contributed by atoms with Gasteiger partial charge in [-0.3, -0.25) is 4.68 Å². The molecule has 2 rings (SSSR count). The number of aryl methyl sites for hydroxylation is 2. The fraction of sp³-hybridized carbons (Fsp3) is 0.786. The highest BCUT2D eigenvalue weighted by Crippen LogP contribution is 2.26. The van der Waals surface area contributed by atoms with Crippen molar-refractivity contribution in [2.45, 2.75) is 45.8 Å². The highest BCUT2D eigenvalue weighted by Gasteiger charge is 2.24. The number of anilines is 1. The first kappa shape index (κ1) is 14.3. The number of hydrogen-bond donors (Lipinski definition) is 1. The van der Waals surface area contributed by atoms with Crippen molar-refractivity contribution in [3.05, 3.63) is 11.3 Å². The summed E-state index contributed by atoms with van der Waals surface area (Å²) in [6.07, 6.45) is 2.17. The summed E-state index contributed by atoms with van der Waals surface area (Å²) in [5, 5.41) is 4.58. The summed E-state index contributed by atoms with van der Waals surface area (Å²) in [7, 11) is 2.02. The minimum atomic E-state index is 0.208. The summed E-state index contributed by atoms with van der Waals surface area (Å²) in [6, 6.07) is 0.208. The standard InChI is InChI=1S/C14H26N4O/c1-5-12(15)8-13-11(3)16-17(4)14(13)18-6-7-19-10(2)9-18/h10,12H,5-9,15H2,1-4H3. The van der Waals surface area contributed by atoms with E-state index < -0.39 is 0 Å². The third-order valence-corrected chi connectivity index (χ3v) is 3.84. The van der Waals surface area contributed by atoms with E-state index >= 15 is 0 Å². The molecule has 1 aliphatic heterocycles. The summed E-state index contributed by atoms with van der Waals surface area (Å²) in [5.41, 5.74) is 8.52. The van der Waals surface area contributed by atoms with Gasteiger partial charge in [-0.25, -0.2) is 0 Å². The number of hydrogen-bond acceptors (Lipinski definition) is 4. The molecule has 0 bridgehead atoms. The lowest BCUT2D eigenvalue weighted by Crippen LogP contribution is -2.42. The highest BCUT2D eigenvalue weighted by atomic mass is 16.5. The second-order valence-corrected chi connectivity index (χ2v) is 5.51. The Morgan fingerprint density at radius 1 is 1.53 bits per heavy atom. The van der Waals surface area contributed by atoms with Crippen LogP contribution in [0.3, 0.4) is 0 Å². The molecule has 0 aliphatic carbocycles. The average Bonchev–Trinajstić information content (AvgIpc) is 2.64. The molecule has 1 aliphatic rings. The van der Waals surface area contributed by atoms with E-state index in [-0.39, 0.29) is 12.1 Å². The maximum absolute atomic E-state index is 6.13. The zero-order valence-corrected chi connectivity index (χ0v) is 12.5. The van der Waals surface area contributed by atoms with Gasteiger partial charge >= 0.3 is 0 Å². The lowest BCUT2D eigenvalue weighted by molar-refractivity contribution is 0.0526. The molecule has 108 valence electrons. The largest absolute Gasteiger partial charge is 0.375 e. The van der Waals surface area contributed by atoms with Gasteiger partial charge in [-0.05, 0) is 26.7 Å². The summed E-state index contributed by atoms with van der Waals surface area (Å²) in [4.78, 5) is 2.38. The molecule has 0 radical (unpaired) electrons. The van der Waals surface area contributed by atoms with Gasteiger partial charge in [0.25, 0.3) is 0 Å². The Hall–Kier alpha value is -1.07. The maximum atomic E-state index is 6.13. The van der Waals surface area contributed by atoms with Gasteiger partial charge in [0, 0.05) is 31.7 Å². The fourth-order valence-corrected chi connectivity index (χ4v) is 2.74. The first-order valence-electron chi connectivity index (χ1n) is 7.17. The van der Waals surface area contributed by atoms with E-state index in [0.717, 1.165) is 38.2 Å². The molecule has 0 aromatic carbocycles. The third kappa shape index (κ3) is 3.09. The highest BCUT2D eigenvalue weighted by molar-refractivity contribution is 5.51. The molecule has 1 fully saturated rings. The SMILES string of the molecule is CCC(N)Cc1c(C)nn(C)c1N1CCOC(C)C1. The van der Waals surface area contributed by atoms with Crippen LogP contribution in [-0.4, -0.2) is 41.6 Å². The van der Waals surface area contributed by atoms with E-state index in [4.69, 9.17) is 10.5 Å². The van der Waals surface area contributed by atoms with Gasteiger partial charge in [-0.2, -0.15) is 5.10 Å². The van der Waals surface area contributed by atoms with Crippen LogP contribution in [0.4, 0.5) is 5.82 Å². The van der Waals surface area contributed by atoms with Gasteiger partial charge in [0.1, 0.15) is 5.82 Å². The van der Waals surface area contributed by atoms with Crippen LogP contribution < -0.4 is 10.6 Å². The minimum absolute atomic E-state index is 0.208. The number of aromatic nitrogens is 2. The van der Waals surface area contributed by atoms with Gasteiger partial charge < -0.3 is 15.4 Å². The van der Waals surface area contributed by atoms with E-state index in [2.05, 4.69) is 30.8 Å². The topological polar surface area (TPSA) is 56.3 Å². The number of nitrogens with two attached hydrogens (primary N) is 1. The fourth-order valence-electron chi connectivity index (χ4n) is 2.74. The van der Waals surface area contributed by atoms with Crippen molar-refractivity contribution >= 4 is 5.82 Å². The van der Waals surface area contributed by atoms with Crippen LogP contribution in [-0.2, 0) is 18.2 Å². The maximum Gasteiger partial charge on any atom is 0.130 e. The van der Waals surface area contributed by atoms with Crippen molar-refractivity contribution in [2.24, 2.45) is 12.8 Å². The molecule has 1 saturated heterocycles. The van der Waals surface area contributed by atoms with Crippen molar-refractivity contribution in [3.8, 4) is 0 Å². The molecular formula is C14H26N4O. The molecule has 1 aromatic heterocycles. The molecule has 1 aromatic rings. The minimum Gasteiger partial charge on any atom is -0.375 e. The normalized spacial score (nSPS) is 21.7. The van der Waals surface area contributed by atoms with Crippen LogP contribution in [0.1, 0.15) is 31.5 Å². The van der Waals surface area contributed by atoms with Gasteiger partial charge in [0.15, 0.2) is 0 Å². The van der Waals surface area contributed by atoms with Crippen molar-refractivity contribution in [3.63, 3.8) is 0 Å². The summed E-state index contributed by atoms with van der Waals surface area (Å²) < 4.78 is 7.61. The summed E-state index contributed by atoms with van der Waals surface area (Å²) >= 11 is 0. The van der Waals surface area contributed by atoms with Crippen LogP contribution in [0.15, 0.2) is 0 Å². The lowest BCUT2D eigenvalue weighted by atomic mass is 10.0. The number of nitrogens with zero attached hydrogens (tertiary/aromatic N) is 3. The van der Waals surface area contributed by atoms with Gasteiger partial charge in [-0.15, -0.1) is 0 Å². The first-order valence-corrected chi connectivity index (χ1v) is 7.17. The van der Waals surface area contributed by atoms with Crippen molar-refractivity contribution in [1.82, 2.24) is 9.78 Å². The smallest absolute Gasteiger partial charge is 0.130 e. The van der Waals surface area contributed by atoms with E-state index in [1.54, 1.807) is 0 Å². The molecule has 19 heavy (non-hydrogen) atoms. The number of rotatable bonds is 4. The van der Waals surface area contributed by atoms with E-state index in [9.17, 15) is 0 Å². The molecule has 2 heterocycles. The Kier molecular flexibility index (Phi) is 4.47. The van der Waals surface area contributed by atoms with Gasteiger partial charge in [-0.1, -0.05) is 6.92 Å². The van der Waals surface area contributed by atoms with Gasteiger partial charge in [0.2, 0.25) is 0 Å². The molecule has 0 spiro atoms. The van der Waals surface area contributed by atoms with Crippen LogP contribution in [0.25, 0.3) is 0 Å². The predicted octanol–water partition coefficient (Wildman–Crippen LogP) is 1.23. The van der Waals surface area contributed by atoms with Crippen LogP contribution in [0.5, 0.6) is 0 Å². The van der Waals surface area contributed by atoms with Crippen LogP contribution >= 0.6 is 0 Å². The second-order valence-electron chi connectivity index (χ2n) is 5.51. The molecular weight excluding hydrogens is 240 g/mol. The molecule has 2 unspecified atom stereocenters. The van der Waals surface area contributed by atoms with E-state index in [1.807, 2.05) is 11.7 Å². The Morgan fingerprint density at radius 3 is 2.89 bits per heavy atom.